The van der Waals surface area contributed by atoms with Gasteiger partial charge in [0.1, 0.15) is 23.0 Å². The second-order valence-electron chi connectivity index (χ2n) is 4.73. The van der Waals surface area contributed by atoms with E-state index in [2.05, 4.69) is 0 Å². The third-order valence-electron chi connectivity index (χ3n) is 3.63. The standard InChI is InChI=1S/C12H4B6N2O4/c13-19-9-5(21-15)1-2-6(22-16)10(9)20(14)12-8(24-18)4-3-7(23-17)11(12)19/h1-4H. The van der Waals surface area contributed by atoms with Gasteiger partial charge in [-0.25, -0.2) is 0 Å². The van der Waals surface area contributed by atoms with Crippen LogP contribution in [0, 0.1) is 0 Å². The van der Waals surface area contributed by atoms with E-state index in [1.54, 1.807) is 0 Å². The molecule has 1 heterocycles. The minimum absolute atomic E-state index is 0.205. The van der Waals surface area contributed by atoms with Crippen LogP contribution in [0.15, 0.2) is 24.3 Å². The molecule has 0 N–H and O–H groups in total. The lowest BCUT2D eigenvalue weighted by molar-refractivity contribution is 0.592. The van der Waals surface area contributed by atoms with Crippen molar-refractivity contribution in [2.24, 2.45) is 0 Å². The zero-order valence-corrected chi connectivity index (χ0v) is 12.3. The summed E-state index contributed by atoms with van der Waals surface area (Å²) in [5.41, 5.74) is 1.07. The van der Waals surface area contributed by atoms with Crippen LogP contribution in [0.1, 0.15) is 0 Å². The third-order valence-corrected chi connectivity index (χ3v) is 3.63. The molecular formula is C12H4B6N2O4. The van der Waals surface area contributed by atoms with Crippen molar-refractivity contribution in [2.75, 3.05) is 9.62 Å². The van der Waals surface area contributed by atoms with Crippen LogP contribution in [0.3, 0.4) is 0 Å². The maximum absolute atomic E-state index is 6.21. The smallest absolute Gasteiger partial charge is 0.374 e. The molecule has 0 spiro atoms. The summed E-state index contributed by atoms with van der Waals surface area (Å²) in [5, 5.41) is 0. The van der Waals surface area contributed by atoms with Crippen LogP contribution in [0.4, 0.5) is 22.7 Å². The van der Waals surface area contributed by atoms with Gasteiger partial charge >= 0.3 is 32.2 Å². The molecule has 12 heteroatoms. The summed E-state index contributed by atoms with van der Waals surface area (Å²) in [6, 6.07) is 6.02. The molecule has 1 aliphatic rings. The van der Waals surface area contributed by atoms with Crippen molar-refractivity contribution in [1.29, 1.82) is 0 Å². The van der Waals surface area contributed by atoms with Crippen molar-refractivity contribution in [3.63, 3.8) is 0 Å². The lowest BCUT2D eigenvalue weighted by atomic mass is 9.97. The average molecular weight is 305 g/mol. The Bertz CT molecular complexity index is 665. The molecule has 6 nitrogen and oxygen atoms in total. The number of rotatable bonds is 4. The van der Waals surface area contributed by atoms with Crippen LogP contribution in [0.2, 0.25) is 0 Å². The van der Waals surface area contributed by atoms with E-state index >= 15 is 0 Å². The Labute approximate surface area is 147 Å². The maximum atomic E-state index is 6.21. The highest BCUT2D eigenvalue weighted by Gasteiger charge is 2.33. The molecule has 104 valence electrons. The fourth-order valence-corrected chi connectivity index (χ4v) is 2.62. The van der Waals surface area contributed by atoms with Crippen molar-refractivity contribution >= 4 is 70.9 Å². The van der Waals surface area contributed by atoms with E-state index in [4.69, 9.17) is 66.8 Å². The average Bonchev–Trinajstić information content (AvgIpc) is 2.63. The monoisotopic (exact) mass is 306 g/mol. The van der Waals surface area contributed by atoms with Gasteiger partial charge in [-0.3, -0.25) is 0 Å². The second kappa shape index (κ2) is 6.26. The van der Waals surface area contributed by atoms with Crippen LogP contribution in [0.5, 0.6) is 23.0 Å². The van der Waals surface area contributed by atoms with E-state index in [-0.39, 0.29) is 45.7 Å². The summed E-state index contributed by atoms with van der Waals surface area (Å²) >= 11 is 0. The molecule has 1 aliphatic heterocycles. The molecule has 0 saturated carbocycles. The molecule has 0 aliphatic carbocycles. The quantitative estimate of drug-likeness (QED) is 0.757. The molecular weight excluding hydrogens is 301 g/mol. The summed E-state index contributed by atoms with van der Waals surface area (Å²) in [6.45, 7) is 0. The van der Waals surface area contributed by atoms with Crippen LogP contribution < -0.4 is 28.2 Å². The maximum Gasteiger partial charge on any atom is 0.374 e. The predicted molar refractivity (Wildman–Crippen MR) is 94.2 cm³/mol. The van der Waals surface area contributed by atoms with Gasteiger partial charge in [0.15, 0.2) is 0 Å². The number of benzene rings is 2. The Morgan fingerprint density at radius 3 is 0.875 bits per heavy atom. The van der Waals surface area contributed by atoms with Gasteiger partial charge < -0.3 is 28.2 Å². The summed E-state index contributed by atoms with van der Waals surface area (Å²) in [6.07, 6.45) is 0. The highest BCUT2D eigenvalue weighted by Crippen LogP contribution is 2.58. The zero-order chi connectivity index (χ0) is 17.4. The Balaban J connectivity index is 2.37. The molecule has 12 radical (unpaired) electrons. The normalized spacial score (nSPS) is 12.2. The number of fused-ring (bicyclic) bond motifs is 2. The van der Waals surface area contributed by atoms with E-state index in [0.717, 1.165) is 0 Å². The third kappa shape index (κ3) is 2.20. The molecule has 0 amide bonds. The Kier molecular flexibility index (Phi) is 4.30. The van der Waals surface area contributed by atoms with E-state index in [1.165, 1.54) is 33.9 Å². The van der Waals surface area contributed by atoms with Gasteiger partial charge in [0, 0.05) is 0 Å². The first-order valence-corrected chi connectivity index (χ1v) is 6.49. The minimum Gasteiger partial charge on any atom is -0.566 e. The van der Waals surface area contributed by atoms with Gasteiger partial charge in [-0.15, -0.1) is 0 Å². The number of anilines is 4. The van der Waals surface area contributed by atoms with Gasteiger partial charge in [0.25, 0.3) is 0 Å². The van der Waals surface area contributed by atoms with E-state index in [1.807, 2.05) is 0 Å². The Morgan fingerprint density at radius 2 is 0.708 bits per heavy atom. The minimum atomic E-state index is 0.205. The number of hydrogen-bond donors (Lipinski definition) is 0. The lowest BCUT2D eigenvalue weighted by Crippen LogP contribution is -2.28. The van der Waals surface area contributed by atoms with Crippen molar-refractivity contribution in [2.45, 2.75) is 0 Å². The van der Waals surface area contributed by atoms with Gasteiger partial charge in [-0.1, -0.05) is 0 Å². The molecule has 0 fully saturated rings. The topological polar surface area (TPSA) is 43.4 Å². The summed E-state index contributed by atoms with van der Waals surface area (Å²) in [4.78, 5) is 2.40. The van der Waals surface area contributed by atoms with Crippen LogP contribution in [-0.4, -0.2) is 48.2 Å². The molecule has 0 aromatic heterocycles. The zero-order valence-electron chi connectivity index (χ0n) is 12.3. The predicted octanol–water partition coefficient (Wildman–Crippen LogP) is 0.292. The van der Waals surface area contributed by atoms with E-state index < -0.39 is 0 Å². The Morgan fingerprint density at radius 1 is 0.500 bits per heavy atom. The van der Waals surface area contributed by atoms with Crippen LogP contribution in [-0.2, 0) is 0 Å². The lowest BCUT2D eigenvalue weighted by Gasteiger charge is -2.41. The van der Waals surface area contributed by atoms with Gasteiger partial charge in [-0.05, 0) is 24.3 Å². The van der Waals surface area contributed by atoms with E-state index in [0.29, 0.717) is 0 Å². The van der Waals surface area contributed by atoms with E-state index in [9.17, 15) is 0 Å². The first kappa shape index (κ1) is 16.5. The summed E-state index contributed by atoms with van der Waals surface area (Å²) in [5.74, 6) is 0.820. The molecule has 24 heavy (non-hydrogen) atoms. The highest BCUT2D eigenvalue weighted by molar-refractivity contribution is 6.35. The van der Waals surface area contributed by atoms with Crippen molar-refractivity contribution in [3.8, 4) is 23.0 Å². The van der Waals surface area contributed by atoms with Crippen LogP contribution >= 0.6 is 0 Å². The molecule has 0 unspecified atom stereocenters. The first-order valence-electron chi connectivity index (χ1n) is 6.49. The van der Waals surface area contributed by atoms with Crippen molar-refractivity contribution in [3.05, 3.63) is 24.3 Å². The summed E-state index contributed by atoms with van der Waals surface area (Å²) < 4.78 is 19.4. The first-order chi connectivity index (χ1) is 11.6. The number of hydrogen-bond acceptors (Lipinski definition) is 6. The highest BCUT2D eigenvalue weighted by atomic mass is 16.4. The molecule has 2 aromatic carbocycles. The largest absolute Gasteiger partial charge is 0.566 e. The van der Waals surface area contributed by atoms with Crippen LogP contribution in [0.25, 0.3) is 0 Å². The van der Waals surface area contributed by atoms with Gasteiger partial charge in [0.2, 0.25) is 16.0 Å². The fourth-order valence-electron chi connectivity index (χ4n) is 2.62. The SMILES string of the molecule is [B]Oc1ccc(O[B])c2c1N([B])c1c(O[B])ccc(O[B])c1N2[B]. The Hall–Kier alpha value is -2.37. The molecule has 2 aromatic rings. The molecule has 0 atom stereocenters. The fraction of sp³-hybridized carbons (Fsp3) is 0. The van der Waals surface area contributed by atoms with Crippen molar-refractivity contribution in [1.82, 2.24) is 0 Å². The molecule has 0 bridgehead atoms. The number of nitrogens with zero attached hydrogens (tertiary/aromatic N) is 2. The molecule has 3 rings (SSSR count). The van der Waals surface area contributed by atoms with Crippen molar-refractivity contribution < 1.29 is 18.6 Å². The van der Waals surface area contributed by atoms with Gasteiger partial charge in [-0.2, -0.15) is 0 Å². The summed E-state index contributed by atoms with van der Waals surface area (Å²) in [7, 11) is 33.6. The van der Waals surface area contributed by atoms with Gasteiger partial charge in [0.05, 0.1) is 22.7 Å². The second-order valence-corrected chi connectivity index (χ2v) is 4.73. The molecule has 0 saturated heterocycles.